The van der Waals surface area contributed by atoms with Crippen molar-refractivity contribution in [3.05, 3.63) is 23.9 Å². The van der Waals surface area contributed by atoms with E-state index in [2.05, 4.69) is 22.7 Å². The molecule has 6 heteroatoms. The van der Waals surface area contributed by atoms with Gasteiger partial charge in [0, 0.05) is 23.6 Å². The van der Waals surface area contributed by atoms with Crippen molar-refractivity contribution >= 4 is 23.5 Å². The summed E-state index contributed by atoms with van der Waals surface area (Å²) in [6, 6.07) is 3.49. The zero-order chi connectivity index (χ0) is 12.7. The lowest BCUT2D eigenvalue weighted by Gasteiger charge is -2.15. The minimum Gasteiger partial charge on any atom is -0.348 e. The summed E-state index contributed by atoms with van der Waals surface area (Å²) < 4.78 is 0. The normalized spacial score (nSPS) is 11.9. The number of thioether (sulfide) groups is 1. The Morgan fingerprint density at radius 3 is 3.00 bits per heavy atom. The van der Waals surface area contributed by atoms with Crippen LogP contribution in [0.2, 0.25) is 0 Å². The molecule has 1 amide bonds. The first kappa shape index (κ1) is 13.8. The first-order valence-corrected chi connectivity index (χ1v) is 6.83. The Morgan fingerprint density at radius 2 is 2.41 bits per heavy atom. The van der Waals surface area contributed by atoms with Gasteiger partial charge in [0.2, 0.25) is 0 Å². The molecule has 1 unspecified atom stereocenters. The summed E-state index contributed by atoms with van der Waals surface area (Å²) in [7, 11) is 0. The molecule has 0 aromatic carbocycles. The Labute approximate surface area is 106 Å². The number of pyridine rings is 1. The number of nitrogen functional groups attached to an aromatic ring is 1. The molecule has 0 bridgehead atoms. The maximum absolute atomic E-state index is 11.9. The lowest BCUT2D eigenvalue weighted by atomic mass is 10.2. The van der Waals surface area contributed by atoms with Gasteiger partial charge in [0.25, 0.3) is 5.91 Å². The van der Waals surface area contributed by atoms with Crippen molar-refractivity contribution in [2.24, 2.45) is 5.84 Å². The van der Waals surface area contributed by atoms with Crippen LogP contribution < -0.4 is 16.6 Å². The van der Waals surface area contributed by atoms with Crippen molar-refractivity contribution in [3.63, 3.8) is 0 Å². The van der Waals surface area contributed by atoms with Crippen molar-refractivity contribution in [1.82, 2.24) is 10.3 Å². The number of carbonyl (C=O) groups excluding carboxylic acids is 1. The van der Waals surface area contributed by atoms with Crippen LogP contribution in [0, 0.1) is 0 Å². The molecule has 94 valence electrons. The fourth-order valence-electron chi connectivity index (χ4n) is 1.38. The molecule has 1 heterocycles. The number of hydrogen-bond acceptors (Lipinski definition) is 5. The maximum Gasteiger partial charge on any atom is 0.251 e. The van der Waals surface area contributed by atoms with Gasteiger partial charge in [0.15, 0.2) is 0 Å². The summed E-state index contributed by atoms with van der Waals surface area (Å²) in [4.78, 5) is 15.9. The second-order valence-corrected chi connectivity index (χ2v) is 4.52. The molecule has 0 radical (unpaired) electrons. The molecule has 1 atom stereocenters. The Kier molecular flexibility index (Phi) is 5.79. The second-order valence-electron chi connectivity index (χ2n) is 3.61. The van der Waals surface area contributed by atoms with Crippen LogP contribution in [-0.2, 0) is 0 Å². The van der Waals surface area contributed by atoms with Crippen molar-refractivity contribution in [2.75, 3.05) is 17.4 Å². The van der Waals surface area contributed by atoms with E-state index in [0.717, 1.165) is 12.2 Å². The highest BCUT2D eigenvalue weighted by atomic mass is 32.2. The molecule has 0 aliphatic heterocycles. The van der Waals surface area contributed by atoms with Gasteiger partial charge in [-0.3, -0.25) is 4.79 Å². The number of amides is 1. The summed E-state index contributed by atoms with van der Waals surface area (Å²) >= 11 is 1.72. The molecule has 0 spiro atoms. The average Bonchev–Trinajstić information content (AvgIpc) is 2.38. The van der Waals surface area contributed by atoms with Gasteiger partial charge in [0.1, 0.15) is 5.82 Å². The fourth-order valence-corrected chi connectivity index (χ4v) is 2.10. The molecule has 0 aliphatic rings. The zero-order valence-corrected chi connectivity index (χ0v) is 10.9. The molecule has 1 rings (SSSR count). The number of nitrogens with one attached hydrogen (secondary N) is 2. The van der Waals surface area contributed by atoms with E-state index >= 15 is 0 Å². The van der Waals surface area contributed by atoms with Crippen LogP contribution in [0.15, 0.2) is 18.3 Å². The van der Waals surface area contributed by atoms with Gasteiger partial charge in [-0.1, -0.05) is 6.92 Å². The van der Waals surface area contributed by atoms with E-state index < -0.39 is 0 Å². The maximum atomic E-state index is 11.9. The molecule has 0 saturated heterocycles. The highest BCUT2D eigenvalue weighted by molar-refractivity contribution is 7.98. The summed E-state index contributed by atoms with van der Waals surface area (Å²) in [5.41, 5.74) is 2.98. The minimum atomic E-state index is -0.0928. The van der Waals surface area contributed by atoms with Gasteiger partial charge >= 0.3 is 0 Å². The quantitative estimate of drug-likeness (QED) is 0.526. The lowest BCUT2D eigenvalue weighted by Crippen LogP contribution is -2.36. The molecular weight excluding hydrogens is 236 g/mol. The third-order valence-electron chi connectivity index (χ3n) is 2.37. The van der Waals surface area contributed by atoms with E-state index in [0.29, 0.717) is 11.4 Å². The number of rotatable bonds is 6. The Bertz CT molecular complexity index is 372. The van der Waals surface area contributed by atoms with Crippen molar-refractivity contribution in [2.45, 2.75) is 19.4 Å². The summed E-state index contributed by atoms with van der Waals surface area (Å²) in [6.07, 6.45) is 4.50. The summed E-state index contributed by atoms with van der Waals surface area (Å²) in [6.45, 7) is 2.06. The molecule has 4 N–H and O–H groups in total. The zero-order valence-electron chi connectivity index (χ0n) is 10.1. The molecule has 1 aromatic rings. The van der Waals surface area contributed by atoms with Gasteiger partial charge in [-0.05, 0) is 24.8 Å². The monoisotopic (exact) mass is 254 g/mol. The molecule has 1 aromatic heterocycles. The average molecular weight is 254 g/mol. The molecule has 5 nitrogen and oxygen atoms in total. The van der Waals surface area contributed by atoms with Crippen LogP contribution in [0.5, 0.6) is 0 Å². The van der Waals surface area contributed by atoms with Gasteiger partial charge < -0.3 is 10.7 Å². The predicted octanol–water partition coefficient (Wildman–Crippen LogP) is 1.24. The van der Waals surface area contributed by atoms with Crippen molar-refractivity contribution < 1.29 is 4.79 Å². The van der Waals surface area contributed by atoms with Crippen LogP contribution in [0.25, 0.3) is 0 Å². The van der Waals surface area contributed by atoms with Gasteiger partial charge in [-0.25, -0.2) is 10.8 Å². The molecular formula is C11H18N4OS. The van der Waals surface area contributed by atoms with E-state index in [-0.39, 0.29) is 11.9 Å². The topological polar surface area (TPSA) is 80.0 Å². The number of hydrazine groups is 1. The molecule has 0 fully saturated rings. The van der Waals surface area contributed by atoms with Gasteiger partial charge in [-0.2, -0.15) is 11.8 Å². The SMILES string of the molecule is CCC(CSC)NC(=O)c1ccnc(NN)c1. The summed E-state index contributed by atoms with van der Waals surface area (Å²) in [5, 5.41) is 2.98. The highest BCUT2D eigenvalue weighted by Crippen LogP contribution is 2.07. The summed E-state index contributed by atoms with van der Waals surface area (Å²) in [5.74, 6) is 6.55. The Morgan fingerprint density at radius 1 is 1.65 bits per heavy atom. The number of hydrogen-bond donors (Lipinski definition) is 3. The number of nitrogens with zero attached hydrogens (tertiary/aromatic N) is 1. The fraction of sp³-hybridized carbons (Fsp3) is 0.455. The third-order valence-corrected chi connectivity index (χ3v) is 3.10. The molecule has 0 saturated carbocycles. The van der Waals surface area contributed by atoms with Crippen molar-refractivity contribution in [1.29, 1.82) is 0 Å². The first-order chi connectivity index (χ1) is 8.21. The van der Waals surface area contributed by atoms with E-state index in [1.165, 1.54) is 0 Å². The minimum absolute atomic E-state index is 0.0928. The van der Waals surface area contributed by atoms with E-state index in [4.69, 9.17) is 5.84 Å². The first-order valence-electron chi connectivity index (χ1n) is 5.43. The van der Waals surface area contributed by atoms with Crippen molar-refractivity contribution in [3.8, 4) is 0 Å². The number of nitrogens with two attached hydrogens (primary N) is 1. The van der Waals surface area contributed by atoms with Crippen LogP contribution >= 0.6 is 11.8 Å². The smallest absolute Gasteiger partial charge is 0.251 e. The van der Waals surface area contributed by atoms with Crippen LogP contribution in [-0.4, -0.2) is 28.9 Å². The Hall–Kier alpha value is -1.27. The van der Waals surface area contributed by atoms with Crippen LogP contribution in [0.3, 0.4) is 0 Å². The van der Waals surface area contributed by atoms with Crippen LogP contribution in [0.4, 0.5) is 5.82 Å². The van der Waals surface area contributed by atoms with E-state index in [1.54, 1.807) is 30.1 Å². The highest BCUT2D eigenvalue weighted by Gasteiger charge is 2.12. The number of aromatic nitrogens is 1. The largest absolute Gasteiger partial charge is 0.348 e. The number of anilines is 1. The second kappa shape index (κ2) is 7.13. The van der Waals surface area contributed by atoms with E-state index in [9.17, 15) is 4.79 Å². The van der Waals surface area contributed by atoms with E-state index in [1.807, 2.05) is 6.26 Å². The number of carbonyl (C=O) groups is 1. The molecule has 17 heavy (non-hydrogen) atoms. The van der Waals surface area contributed by atoms with Crippen LogP contribution in [0.1, 0.15) is 23.7 Å². The third kappa shape index (κ3) is 4.24. The Balaban J connectivity index is 2.68. The lowest BCUT2D eigenvalue weighted by molar-refractivity contribution is 0.0940. The van der Waals surface area contributed by atoms with Gasteiger partial charge in [0.05, 0.1) is 0 Å². The standard InChI is InChI=1S/C11H18N4OS/c1-3-9(7-17-2)14-11(16)8-4-5-13-10(6-8)15-12/h4-6,9H,3,7,12H2,1-2H3,(H,13,15)(H,14,16). The predicted molar refractivity (Wildman–Crippen MR) is 72.0 cm³/mol. The molecule has 0 aliphatic carbocycles. The van der Waals surface area contributed by atoms with Gasteiger partial charge in [-0.15, -0.1) is 0 Å².